The van der Waals surface area contributed by atoms with E-state index in [0.717, 1.165) is 35.1 Å². The molecule has 234 valence electrons. The van der Waals surface area contributed by atoms with Crippen molar-refractivity contribution in [2.75, 3.05) is 0 Å². The number of rotatable bonds is 5. The first-order valence-electron chi connectivity index (χ1n) is 13.3. The van der Waals surface area contributed by atoms with E-state index in [0.29, 0.717) is 10.6 Å². The van der Waals surface area contributed by atoms with Gasteiger partial charge in [-0.25, -0.2) is 0 Å². The molecule has 0 spiro atoms. The monoisotopic (exact) mass is 673 g/mol. The maximum atomic E-state index is 13.3. The van der Waals surface area contributed by atoms with Gasteiger partial charge in [0.25, 0.3) is 0 Å². The Labute approximate surface area is 265 Å². The maximum absolute atomic E-state index is 13.3. The van der Waals surface area contributed by atoms with Gasteiger partial charge < -0.3 is 53.8 Å². The van der Waals surface area contributed by atoms with Crippen molar-refractivity contribution < 1.29 is 43.4 Å². The molecule has 0 amide bonds. The molecule has 4 aromatic carbocycles. The molecule has 0 heterocycles. The summed E-state index contributed by atoms with van der Waals surface area (Å²) < 4.78 is 79.5. The third-order valence-corrected chi connectivity index (χ3v) is 12.9. The molecule has 0 aliphatic heterocycles. The average Bonchev–Trinajstić information content (AvgIpc) is 3.58. The minimum Gasteiger partial charge on any atom is -0.999 e. The average molecular weight is 673 g/mol. The van der Waals surface area contributed by atoms with E-state index in [-0.39, 0.29) is 33.0 Å². The van der Waals surface area contributed by atoms with Crippen LogP contribution in [0.3, 0.4) is 0 Å². The Morgan fingerprint density at radius 1 is 0.698 bits per heavy atom. The van der Waals surface area contributed by atoms with Gasteiger partial charge in [0.05, 0.1) is 11.1 Å². The van der Waals surface area contributed by atoms with Crippen LogP contribution in [-0.4, -0.2) is 10.3 Å². The van der Waals surface area contributed by atoms with Crippen LogP contribution in [0.1, 0.15) is 70.8 Å². The van der Waals surface area contributed by atoms with E-state index in [1.807, 2.05) is 12.1 Å². The molecule has 0 saturated carbocycles. The van der Waals surface area contributed by atoms with Crippen LogP contribution < -0.4 is 15.9 Å². The second-order valence-corrected chi connectivity index (χ2v) is 18.2. The topological polar surface area (TPSA) is 0 Å². The normalized spacial score (nSPS) is 13.4. The fraction of sp³-hybridized carbons (Fsp3) is 0.353. The van der Waals surface area contributed by atoms with Crippen molar-refractivity contribution in [1.29, 1.82) is 0 Å². The molecule has 4 rings (SSSR count). The molecule has 0 unspecified atom stereocenters. The third kappa shape index (κ3) is 9.79. The second kappa shape index (κ2) is 14.5. The summed E-state index contributed by atoms with van der Waals surface area (Å²) in [5, 5.41) is 2.24. The molecule has 0 aliphatic rings. The van der Waals surface area contributed by atoms with E-state index < -0.39 is 39.3 Å². The summed E-state index contributed by atoms with van der Waals surface area (Å²) in [5.41, 5.74) is -0.411. The van der Waals surface area contributed by atoms with Crippen molar-refractivity contribution in [2.45, 2.75) is 76.8 Å². The summed E-state index contributed by atoms with van der Waals surface area (Å²) in [6.07, 6.45) is -8.95. The van der Waals surface area contributed by atoms with Crippen LogP contribution in [0.5, 0.6) is 0 Å². The van der Waals surface area contributed by atoms with Gasteiger partial charge in [0.2, 0.25) is 0 Å². The molecule has 0 bridgehead atoms. The van der Waals surface area contributed by atoms with Crippen LogP contribution >= 0.6 is 15.8 Å². The molecule has 9 heteroatoms. The van der Waals surface area contributed by atoms with Gasteiger partial charge in [0.1, 0.15) is 0 Å². The minimum atomic E-state index is -4.47. The molecular weight excluding hydrogens is 640 g/mol. The fourth-order valence-electron chi connectivity index (χ4n) is 5.41. The largest absolute Gasteiger partial charge is 2.00 e. The number of hydrogen-bond acceptors (Lipinski definition) is 0. The van der Waals surface area contributed by atoms with E-state index in [1.165, 1.54) is 24.3 Å². The number of benzene rings is 2. The number of alkyl halides is 6. The standard InChI is InChI=1S/C29H32F6P2.C5H.Fe/c1-19(37(26(2,3)4)27(5,6)7)24-9-8-10-25(24)36(22-15-11-20(12-16-22)28(30,31)32)23-17-13-21(14-18-23)29(33,34)35;1-2-4-5-3-1;/h8,10-19H,1-7H3;1H;/q-2;-5;+2/t19-;;/m0../s1. The fourth-order valence-corrected chi connectivity index (χ4v) is 12.8. The summed E-state index contributed by atoms with van der Waals surface area (Å²) in [6, 6.07) is 29.1. The SMILES string of the molecule is C[C@@H](c1[c-]cc[c-]1P(c1ccc(C(F)(F)F)cc1)c1ccc(C(F)(F)F)cc1)P(C(C)(C)C)C(C)(C)C.[Fe+2].[c-]1[c-][c-][cH-][c-]1. The third-order valence-electron chi connectivity index (χ3n) is 6.50. The van der Waals surface area contributed by atoms with Crippen LogP contribution in [-0.2, 0) is 29.4 Å². The molecule has 4 aromatic rings. The molecule has 0 aliphatic carbocycles. The van der Waals surface area contributed by atoms with Crippen LogP contribution in [0.4, 0.5) is 26.3 Å². The smallest absolute Gasteiger partial charge is 0.999 e. The Hall–Kier alpha value is -1.90. The summed E-state index contributed by atoms with van der Waals surface area (Å²) >= 11 is 0. The van der Waals surface area contributed by atoms with Gasteiger partial charge in [-0.2, -0.15) is 26.3 Å². The van der Waals surface area contributed by atoms with E-state index in [2.05, 4.69) is 78.8 Å². The van der Waals surface area contributed by atoms with Crippen molar-refractivity contribution in [3.63, 3.8) is 0 Å². The van der Waals surface area contributed by atoms with Crippen LogP contribution in [0.15, 0.2) is 66.7 Å². The predicted molar refractivity (Wildman–Crippen MR) is 162 cm³/mol. The molecule has 0 nitrogen and oxygen atoms in total. The Bertz CT molecular complexity index is 1280. The Morgan fingerprint density at radius 3 is 1.40 bits per heavy atom. The Kier molecular flexibility index (Phi) is 12.5. The molecule has 43 heavy (non-hydrogen) atoms. The molecule has 0 fully saturated rings. The molecule has 0 radical (unpaired) electrons. The molecule has 0 N–H and O–H groups in total. The quantitative estimate of drug-likeness (QED) is 0.0857. The number of halogens is 6. The van der Waals surface area contributed by atoms with E-state index >= 15 is 0 Å². The minimum absolute atomic E-state index is 0. The van der Waals surface area contributed by atoms with Gasteiger partial charge in [-0.05, 0) is 50.8 Å². The van der Waals surface area contributed by atoms with Crippen molar-refractivity contribution in [1.82, 2.24) is 0 Å². The van der Waals surface area contributed by atoms with Crippen molar-refractivity contribution >= 4 is 31.8 Å². The zero-order valence-corrected chi connectivity index (χ0v) is 27.8. The molecular formula is C34H33F6FeP2-5. The van der Waals surface area contributed by atoms with Gasteiger partial charge in [-0.3, -0.25) is 5.56 Å². The van der Waals surface area contributed by atoms with E-state index in [1.54, 1.807) is 6.07 Å². The second-order valence-electron chi connectivity index (χ2n) is 11.8. The first-order valence-corrected chi connectivity index (χ1v) is 16.0. The summed E-state index contributed by atoms with van der Waals surface area (Å²) in [5.74, 6) is 0. The van der Waals surface area contributed by atoms with Crippen LogP contribution in [0.2, 0.25) is 0 Å². The van der Waals surface area contributed by atoms with Crippen LogP contribution in [0.25, 0.3) is 0 Å². The van der Waals surface area contributed by atoms with Crippen molar-refractivity contribution in [3.8, 4) is 0 Å². The molecule has 0 saturated heterocycles. The predicted octanol–water partition coefficient (Wildman–Crippen LogP) is 9.75. The zero-order valence-electron chi connectivity index (χ0n) is 24.9. The van der Waals surface area contributed by atoms with Crippen LogP contribution in [0, 0.1) is 30.3 Å². The van der Waals surface area contributed by atoms with E-state index in [9.17, 15) is 26.3 Å². The first kappa shape index (κ1) is 37.3. The summed E-state index contributed by atoms with van der Waals surface area (Å²) in [6.45, 7) is 15.5. The number of hydrogen-bond donors (Lipinski definition) is 0. The zero-order chi connectivity index (χ0) is 31.5. The van der Waals surface area contributed by atoms with Crippen molar-refractivity contribution in [3.05, 3.63) is 114 Å². The molecule has 1 atom stereocenters. The summed E-state index contributed by atoms with van der Waals surface area (Å²) in [7, 11) is -2.00. The first-order chi connectivity index (χ1) is 19.3. The van der Waals surface area contributed by atoms with Gasteiger partial charge in [-0.15, -0.1) is 7.92 Å². The van der Waals surface area contributed by atoms with E-state index in [4.69, 9.17) is 0 Å². The Balaban J connectivity index is 0.000000973. The summed E-state index contributed by atoms with van der Waals surface area (Å²) in [4.78, 5) is 0. The van der Waals surface area contributed by atoms with Gasteiger partial charge in [0.15, 0.2) is 0 Å². The maximum Gasteiger partial charge on any atom is 2.00 e. The van der Waals surface area contributed by atoms with Gasteiger partial charge in [0, 0.05) is 0 Å². The molecule has 0 aromatic heterocycles. The Morgan fingerprint density at radius 2 is 1.09 bits per heavy atom. The van der Waals surface area contributed by atoms with Crippen molar-refractivity contribution in [2.24, 2.45) is 0 Å². The van der Waals surface area contributed by atoms with Gasteiger partial charge >= 0.3 is 29.4 Å². The van der Waals surface area contributed by atoms with Gasteiger partial charge in [-0.1, -0.05) is 80.7 Å².